The van der Waals surface area contributed by atoms with Crippen molar-refractivity contribution in [1.29, 1.82) is 0 Å². The second-order valence-corrected chi connectivity index (χ2v) is 6.04. The first-order valence-electron chi connectivity index (χ1n) is 7.61. The Morgan fingerprint density at radius 2 is 2.20 bits per heavy atom. The van der Waals surface area contributed by atoms with Crippen LogP contribution in [-0.2, 0) is 16.5 Å². The summed E-state index contributed by atoms with van der Waals surface area (Å²) in [5.41, 5.74) is 1.32. The maximum atomic E-state index is 6.15. The minimum Gasteiger partial charge on any atom is -0.381 e. The van der Waals surface area contributed by atoms with Gasteiger partial charge in [0.2, 0.25) is 0 Å². The molecule has 2 aliphatic rings. The van der Waals surface area contributed by atoms with Crippen molar-refractivity contribution < 1.29 is 9.47 Å². The van der Waals surface area contributed by atoms with Crippen molar-refractivity contribution in [2.45, 2.75) is 37.3 Å². The molecule has 0 amide bonds. The Morgan fingerprint density at radius 1 is 1.40 bits per heavy atom. The van der Waals surface area contributed by atoms with E-state index in [0.29, 0.717) is 12.0 Å². The molecule has 5 nitrogen and oxygen atoms in total. The Bertz CT molecular complexity index is 435. The minimum absolute atomic E-state index is 0.0505. The normalized spacial score (nSPS) is 27.6. The molecule has 1 N–H and O–H groups in total. The Balaban J connectivity index is 1.76. The van der Waals surface area contributed by atoms with E-state index >= 15 is 0 Å². The van der Waals surface area contributed by atoms with Crippen LogP contribution < -0.4 is 5.32 Å². The summed E-state index contributed by atoms with van der Waals surface area (Å²) in [6, 6.07) is 2.47. The zero-order valence-corrected chi connectivity index (χ0v) is 12.5. The molecule has 2 fully saturated rings. The van der Waals surface area contributed by atoms with Gasteiger partial charge in [0.25, 0.3) is 0 Å². The van der Waals surface area contributed by atoms with E-state index in [1.165, 1.54) is 5.69 Å². The van der Waals surface area contributed by atoms with Crippen molar-refractivity contribution in [3.63, 3.8) is 0 Å². The lowest BCUT2D eigenvalue weighted by Gasteiger charge is -2.45. The zero-order valence-electron chi connectivity index (χ0n) is 12.5. The van der Waals surface area contributed by atoms with Gasteiger partial charge in [0, 0.05) is 33.1 Å². The molecule has 1 aromatic heterocycles. The maximum absolute atomic E-state index is 6.15. The second-order valence-electron chi connectivity index (χ2n) is 6.04. The van der Waals surface area contributed by atoms with E-state index in [1.54, 1.807) is 0 Å². The van der Waals surface area contributed by atoms with Crippen LogP contribution in [-0.4, -0.2) is 42.2 Å². The average molecular weight is 279 g/mol. The molecule has 3 rings (SSSR count). The van der Waals surface area contributed by atoms with E-state index in [4.69, 9.17) is 9.47 Å². The van der Waals surface area contributed by atoms with Gasteiger partial charge >= 0.3 is 0 Å². The second kappa shape index (κ2) is 5.84. The van der Waals surface area contributed by atoms with Gasteiger partial charge in [0.15, 0.2) is 0 Å². The molecule has 2 aliphatic heterocycles. The highest BCUT2D eigenvalue weighted by Gasteiger charge is 2.41. The van der Waals surface area contributed by atoms with E-state index in [0.717, 1.165) is 45.5 Å². The number of aromatic nitrogens is 2. The lowest BCUT2D eigenvalue weighted by atomic mass is 9.77. The Hall–Kier alpha value is -0.910. The van der Waals surface area contributed by atoms with Crippen molar-refractivity contribution >= 4 is 0 Å². The molecule has 1 aromatic rings. The third kappa shape index (κ3) is 2.62. The van der Waals surface area contributed by atoms with Crippen molar-refractivity contribution in [3.8, 4) is 0 Å². The fourth-order valence-electron chi connectivity index (χ4n) is 3.76. The number of nitrogens with one attached hydrogen (secondary N) is 1. The molecule has 20 heavy (non-hydrogen) atoms. The SMILES string of the molecule is CNC(c1ccnn1C)C1CCOC2(CCOCC2)C1. The molecule has 2 saturated heterocycles. The number of ether oxygens (including phenoxy) is 2. The van der Waals surface area contributed by atoms with Crippen molar-refractivity contribution in [2.75, 3.05) is 26.9 Å². The van der Waals surface area contributed by atoms with Gasteiger partial charge in [-0.1, -0.05) is 0 Å². The summed E-state index contributed by atoms with van der Waals surface area (Å²) in [5.74, 6) is 0.599. The van der Waals surface area contributed by atoms with Crippen LogP contribution in [0.25, 0.3) is 0 Å². The van der Waals surface area contributed by atoms with Gasteiger partial charge in [-0.25, -0.2) is 0 Å². The van der Waals surface area contributed by atoms with Crippen LogP contribution in [0.4, 0.5) is 0 Å². The summed E-state index contributed by atoms with van der Waals surface area (Å²) in [6.07, 6.45) is 6.17. The molecule has 3 heterocycles. The van der Waals surface area contributed by atoms with Crippen LogP contribution in [0.5, 0.6) is 0 Å². The Morgan fingerprint density at radius 3 is 2.85 bits per heavy atom. The third-order valence-electron chi connectivity index (χ3n) is 4.90. The van der Waals surface area contributed by atoms with Crippen LogP contribution in [0.1, 0.15) is 37.4 Å². The molecular weight excluding hydrogens is 254 g/mol. The molecule has 2 atom stereocenters. The number of aryl methyl sites for hydroxylation is 1. The number of hydrogen-bond donors (Lipinski definition) is 1. The predicted molar refractivity (Wildman–Crippen MR) is 76.5 cm³/mol. The Labute approximate surface area is 120 Å². The van der Waals surface area contributed by atoms with Crippen molar-refractivity contribution in [2.24, 2.45) is 13.0 Å². The summed E-state index contributed by atoms with van der Waals surface area (Å²) in [4.78, 5) is 0. The summed E-state index contributed by atoms with van der Waals surface area (Å²) in [7, 11) is 4.06. The fourth-order valence-corrected chi connectivity index (χ4v) is 3.76. The van der Waals surface area contributed by atoms with Crippen molar-refractivity contribution in [3.05, 3.63) is 18.0 Å². The lowest BCUT2D eigenvalue weighted by Crippen LogP contribution is -2.46. The molecule has 2 unspecified atom stereocenters. The van der Waals surface area contributed by atoms with Crippen LogP contribution in [0.15, 0.2) is 12.3 Å². The first-order chi connectivity index (χ1) is 9.74. The van der Waals surface area contributed by atoms with Gasteiger partial charge in [-0.05, 0) is 44.7 Å². The van der Waals surface area contributed by atoms with E-state index in [1.807, 2.05) is 25.0 Å². The number of nitrogens with zero attached hydrogens (tertiary/aromatic N) is 2. The van der Waals surface area contributed by atoms with Gasteiger partial charge < -0.3 is 14.8 Å². The average Bonchev–Trinajstić information content (AvgIpc) is 2.87. The highest BCUT2D eigenvalue weighted by Crippen LogP contribution is 2.41. The highest BCUT2D eigenvalue weighted by molar-refractivity contribution is 5.09. The topological polar surface area (TPSA) is 48.3 Å². The van der Waals surface area contributed by atoms with Crippen LogP contribution >= 0.6 is 0 Å². The largest absolute Gasteiger partial charge is 0.381 e. The smallest absolute Gasteiger partial charge is 0.0729 e. The first-order valence-corrected chi connectivity index (χ1v) is 7.61. The summed E-state index contributed by atoms with van der Waals surface area (Å²) in [6.45, 7) is 2.53. The maximum Gasteiger partial charge on any atom is 0.0729 e. The quantitative estimate of drug-likeness (QED) is 0.914. The molecule has 112 valence electrons. The minimum atomic E-state index is 0.0505. The Kier molecular flexibility index (Phi) is 4.10. The molecule has 5 heteroatoms. The highest BCUT2D eigenvalue weighted by atomic mass is 16.5. The molecule has 0 aromatic carbocycles. The lowest BCUT2D eigenvalue weighted by molar-refractivity contribution is -0.150. The van der Waals surface area contributed by atoms with Crippen molar-refractivity contribution in [1.82, 2.24) is 15.1 Å². The summed E-state index contributed by atoms with van der Waals surface area (Å²) < 4.78 is 13.6. The fraction of sp³-hybridized carbons (Fsp3) is 0.800. The molecule has 1 spiro atoms. The van der Waals surface area contributed by atoms with Crippen LogP contribution in [0.3, 0.4) is 0 Å². The van der Waals surface area contributed by atoms with E-state index in [-0.39, 0.29) is 5.60 Å². The van der Waals surface area contributed by atoms with Gasteiger partial charge in [-0.2, -0.15) is 5.10 Å². The molecular formula is C15H25N3O2. The summed E-state index contributed by atoms with van der Waals surface area (Å²) in [5, 5.41) is 7.80. The van der Waals surface area contributed by atoms with E-state index in [2.05, 4.69) is 16.5 Å². The molecule has 0 saturated carbocycles. The van der Waals surface area contributed by atoms with E-state index < -0.39 is 0 Å². The van der Waals surface area contributed by atoms with Crippen LogP contribution in [0, 0.1) is 5.92 Å². The van der Waals surface area contributed by atoms with Gasteiger partial charge in [-0.15, -0.1) is 0 Å². The zero-order chi connectivity index (χ0) is 14.0. The predicted octanol–water partition coefficient (Wildman–Crippen LogP) is 1.66. The monoisotopic (exact) mass is 279 g/mol. The summed E-state index contributed by atoms with van der Waals surface area (Å²) >= 11 is 0. The standard InChI is InChI=1S/C15H25N3O2/c1-16-14(13-3-7-17-18(13)2)12-4-8-20-15(11-12)5-9-19-10-6-15/h3,7,12,14,16H,4-6,8-11H2,1-2H3. The van der Waals surface area contributed by atoms with Gasteiger partial charge in [-0.3, -0.25) is 4.68 Å². The third-order valence-corrected chi connectivity index (χ3v) is 4.90. The molecule has 0 bridgehead atoms. The van der Waals surface area contributed by atoms with Crippen LogP contribution in [0.2, 0.25) is 0 Å². The van der Waals surface area contributed by atoms with E-state index in [9.17, 15) is 0 Å². The first kappa shape index (κ1) is 14.0. The number of rotatable bonds is 3. The molecule has 0 aliphatic carbocycles. The molecule has 0 radical (unpaired) electrons. The number of hydrogen-bond acceptors (Lipinski definition) is 4. The van der Waals surface area contributed by atoms with Gasteiger partial charge in [0.05, 0.1) is 17.3 Å². The van der Waals surface area contributed by atoms with Gasteiger partial charge in [0.1, 0.15) is 0 Å².